The Morgan fingerprint density at radius 3 is 2.80 bits per heavy atom. The average molecular weight is 209 g/mol. The van der Waals surface area contributed by atoms with Crippen LogP contribution in [0.1, 0.15) is 11.1 Å². The van der Waals surface area contributed by atoms with Crippen molar-refractivity contribution in [3.8, 4) is 5.75 Å². The molecule has 3 N–H and O–H groups in total. The summed E-state index contributed by atoms with van der Waals surface area (Å²) in [6.07, 6.45) is 0.278. The number of para-hydroxylation sites is 1. The number of carboxylic acid groups (broad SMARTS) is 1. The van der Waals surface area contributed by atoms with E-state index in [1.54, 1.807) is 7.11 Å². The zero-order valence-corrected chi connectivity index (χ0v) is 8.86. The van der Waals surface area contributed by atoms with Crippen LogP contribution in [0.4, 0.5) is 0 Å². The molecule has 0 bridgehead atoms. The highest BCUT2D eigenvalue weighted by molar-refractivity contribution is 5.73. The largest absolute Gasteiger partial charge is 0.496 e. The molecule has 82 valence electrons. The summed E-state index contributed by atoms with van der Waals surface area (Å²) in [5.74, 6) is -0.284. The fraction of sp³-hybridized carbons (Fsp3) is 0.364. The van der Waals surface area contributed by atoms with Gasteiger partial charge in [-0.1, -0.05) is 18.2 Å². The Morgan fingerprint density at radius 2 is 2.27 bits per heavy atom. The molecular formula is C11H15NO3. The van der Waals surface area contributed by atoms with Crippen LogP contribution in [0.3, 0.4) is 0 Å². The molecule has 1 atom stereocenters. The lowest BCUT2D eigenvalue weighted by atomic mass is 10.0. The van der Waals surface area contributed by atoms with Gasteiger partial charge in [0.25, 0.3) is 0 Å². The molecule has 4 nitrogen and oxygen atoms in total. The molecule has 0 amide bonds. The highest BCUT2D eigenvalue weighted by Gasteiger charge is 2.15. The first-order chi connectivity index (χ1) is 7.06. The molecule has 0 saturated carbocycles. The maximum atomic E-state index is 10.6. The van der Waals surface area contributed by atoms with Crippen LogP contribution in [0.25, 0.3) is 0 Å². The van der Waals surface area contributed by atoms with Crippen LogP contribution in [-0.4, -0.2) is 24.2 Å². The Kier molecular flexibility index (Phi) is 3.68. The van der Waals surface area contributed by atoms with Crippen LogP contribution in [0.5, 0.6) is 5.75 Å². The van der Waals surface area contributed by atoms with Crippen molar-refractivity contribution in [3.63, 3.8) is 0 Å². The first-order valence-corrected chi connectivity index (χ1v) is 4.67. The molecule has 0 fully saturated rings. The van der Waals surface area contributed by atoms with Gasteiger partial charge in [-0.05, 0) is 18.1 Å². The molecule has 0 unspecified atom stereocenters. The smallest absolute Gasteiger partial charge is 0.320 e. The molecule has 1 rings (SSSR count). The number of hydrogen-bond donors (Lipinski definition) is 2. The van der Waals surface area contributed by atoms with Crippen molar-refractivity contribution in [1.82, 2.24) is 0 Å². The van der Waals surface area contributed by atoms with Crippen LogP contribution < -0.4 is 10.5 Å². The number of rotatable bonds is 4. The van der Waals surface area contributed by atoms with Crippen molar-refractivity contribution in [2.45, 2.75) is 19.4 Å². The first-order valence-electron chi connectivity index (χ1n) is 4.67. The van der Waals surface area contributed by atoms with Gasteiger partial charge in [-0.2, -0.15) is 0 Å². The molecule has 0 aliphatic carbocycles. The Balaban J connectivity index is 2.94. The second-order valence-corrected chi connectivity index (χ2v) is 3.42. The van der Waals surface area contributed by atoms with E-state index in [-0.39, 0.29) is 6.42 Å². The van der Waals surface area contributed by atoms with Crippen molar-refractivity contribution in [1.29, 1.82) is 0 Å². The molecule has 0 aliphatic heterocycles. The van der Waals surface area contributed by atoms with Gasteiger partial charge in [-0.25, -0.2) is 0 Å². The number of aliphatic carboxylic acids is 1. The van der Waals surface area contributed by atoms with Gasteiger partial charge in [0.15, 0.2) is 0 Å². The minimum atomic E-state index is -1.00. The molecule has 0 aromatic heterocycles. The van der Waals surface area contributed by atoms with E-state index < -0.39 is 12.0 Å². The van der Waals surface area contributed by atoms with E-state index in [1.165, 1.54) is 0 Å². The van der Waals surface area contributed by atoms with Gasteiger partial charge in [0.05, 0.1) is 7.11 Å². The second kappa shape index (κ2) is 4.79. The second-order valence-electron chi connectivity index (χ2n) is 3.42. The number of nitrogens with two attached hydrogens (primary N) is 1. The summed E-state index contributed by atoms with van der Waals surface area (Å²) in [5, 5.41) is 8.71. The topological polar surface area (TPSA) is 72.5 Å². The SMILES string of the molecule is COc1c(C)cccc1C[C@@H](N)C(=O)O. The van der Waals surface area contributed by atoms with Gasteiger partial charge in [-0.3, -0.25) is 4.79 Å². The van der Waals surface area contributed by atoms with Gasteiger partial charge in [0.2, 0.25) is 0 Å². The quantitative estimate of drug-likeness (QED) is 0.774. The van der Waals surface area contributed by atoms with Crippen molar-refractivity contribution >= 4 is 5.97 Å². The normalized spacial score (nSPS) is 12.2. The van der Waals surface area contributed by atoms with Gasteiger partial charge in [-0.15, -0.1) is 0 Å². The molecule has 1 aromatic carbocycles. The molecule has 4 heteroatoms. The van der Waals surface area contributed by atoms with E-state index in [4.69, 9.17) is 15.6 Å². The van der Waals surface area contributed by atoms with Crippen molar-refractivity contribution in [2.75, 3.05) is 7.11 Å². The summed E-state index contributed by atoms with van der Waals surface area (Å²) >= 11 is 0. The van der Waals surface area contributed by atoms with Crippen LogP contribution in [0.2, 0.25) is 0 Å². The molecule has 0 saturated heterocycles. The van der Waals surface area contributed by atoms with E-state index in [0.717, 1.165) is 11.1 Å². The minimum absolute atomic E-state index is 0.278. The minimum Gasteiger partial charge on any atom is -0.496 e. The molecule has 0 aliphatic rings. The molecular weight excluding hydrogens is 194 g/mol. The number of ether oxygens (including phenoxy) is 1. The molecule has 0 heterocycles. The third kappa shape index (κ3) is 2.70. The lowest BCUT2D eigenvalue weighted by Gasteiger charge is -2.12. The lowest BCUT2D eigenvalue weighted by molar-refractivity contribution is -0.138. The number of carbonyl (C=O) groups is 1. The van der Waals surface area contributed by atoms with E-state index >= 15 is 0 Å². The Bertz CT molecular complexity index is 363. The van der Waals surface area contributed by atoms with E-state index in [1.807, 2.05) is 25.1 Å². The number of benzene rings is 1. The number of carboxylic acids is 1. The van der Waals surface area contributed by atoms with E-state index in [0.29, 0.717) is 5.75 Å². The fourth-order valence-electron chi connectivity index (χ4n) is 1.49. The first kappa shape index (κ1) is 11.5. The Labute approximate surface area is 88.7 Å². The van der Waals surface area contributed by atoms with E-state index in [9.17, 15) is 4.79 Å². The van der Waals surface area contributed by atoms with Gasteiger partial charge in [0, 0.05) is 6.42 Å². The summed E-state index contributed by atoms with van der Waals surface area (Å²) in [4.78, 5) is 10.6. The van der Waals surface area contributed by atoms with Crippen molar-refractivity contribution < 1.29 is 14.6 Å². The maximum absolute atomic E-state index is 10.6. The summed E-state index contributed by atoms with van der Waals surface area (Å²) in [5.41, 5.74) is 7.27. The summed E-state index contributed by atoms with van der Waals surface area (Å²) in [7, 11) is 1.57. The van der Waals surface area contributed by atoms with Crippen LogP contribution in [0.15, 0.2) is 18.2 Å². The molecule has 1 aromatic rings. The number of hydrogen-bond acceptors (Lipinski definition) is 3. The zero-order chi connectivity index (χ0) is 11.4. The van der Waals surface area contributed by atoms with Crippen LogP contribution >= 0.6 is 0 Å². The monoisotopic (exact) mass is 209 g/mol. The van der Waals surface area contributed by atoms with Gasteiger partial charge in [0.1, 0.15) is 11.8 Å². The summed E-state index contributed by atoms with van der Waals surface area (Å²) in [6, 6.07) is 4.71. The van der Waals surface area contributed by atoms with Crippen LogP contribution in [0, 0.1) is 6.92 Å². The standard InChI is InChI=1S/C11H15NO3/c1-7-4-3-5-8(10(7)15-2)6-9(12)11(13)14/h3-5,9H,6,12H2,1-2H3,(H,13,14)/t9-/m1/s1. The molecule has 0 radical (unpaired) electrons. The Morgan fingerprint density at radius 1 is 1.60 bits per heavy atom. The Hall–Kier alpha value is -1.55. The van der Waals surface area contributed by atoms with E-state index in [2.05, 4.69) is 0 Å². The van der Waals surface area contributed by atoms with Crippen molar-refractivity contribution in [2.24, 2.45) is 5.73 Å². The predicted molar refractivity (Wildman–Crippen MR) is 57.0 cm³/mol. The number of aryl methyl sites for hydroxylation is 1. The van der Waals surface area contributed by atoms with Crippen LogP contribution in [-0.2, 0) is 11.2 Å². The molecule has 15 heavy (non-hydrogen) atoms. The predicted octanol–water partition coefficient (Wildman–Crippen LogP) is 0.958. The lowest BCUT2D eigenvalue weighted by Crippen LogP contribution is -2.32. The zero-order valence-electron chi connectivity index (χ0n) is 8.86. The average Bonchev–Trinajstić information content (AvgIpc) is 2.18. The van der Waals surface area contributed by atoms with Gasteiger partial charge < -0.3 is 15.6 Å². The summed E-state index contributed by atoms with van der Waals surface area (Å²) < 4.78 is 5.21. The third-order valence-corrected chi connectivity index (χ3v) is 2.25. The molecule has 0 spiro atoms. The third-order valence-electron chi connectivity index (χ3n) is 2.25. The number of methoxy groups -OCH3 is 1. The highest BCUT2D eigenvalue weighted by Crippen LogP contribution is 2.23. The van der Waals surface area contributed by atoms with Crippen molar-refractivity contribution in [3.05, 3.63) is 29.3 Å². The highest BCUT2D eigenvalue weighted by atomic mass is 16.5. The fourth-order valence-corrected chi connectivity index (χ4v) is 1.49. The van der Waals surface area contributed by atoms with Gasteiger partial charge >= 0.3 is 5.97 Å². The summed E-state index contributed by atoms with van der Waals surface area (Å²) in [6.45, 7) is 1.91. The maximum Gasteiger partial charge on any atom is 0.320 e.